The zero-order valence-electron chi connectivity index (χ0n) is 14.0. The molecule has 19 heavy (non-hydrogen) atoms. The van der Waals surface area contributed by atoms with Gasteiger partial charge in [0, 0.05) is 12.1 Å². The Morgan fingerprint density at radius 3 is 1.89 bits per heavy atom. The standard InChI is InChI=1S/C15H32N2O2/c1-9-15(10-2,16-19-12(4)5)13(18)17(11-3)14(6,7)8/h12,16H,9-11H2,1-8H3. The van der Waals surface area contributed by atoms with Crippen molar-refractivity contribution in [3.8, 4) is 0 Å². The van der Waals surface area contributed by atoms with Gasteiger partial charge in [-0.2, -0.15) is 5.48 Å². The van der Waals surface area contributed by atoms with Crippen LogP contribution in [0.5, 0.6) is 0 Å². The fraction of sp³-hybridized carbons (Fsp3) is 0.933. The predicted molar refractivity (Wildman–Crippen MR) is 79.8 cm³/mol. The van der Waals surface area contributed by atoms with Gasteiger partial charge < -0.3 is 4.90 Å². The summed E-state index contributed by atoms with van der Waals surface area (Å²) in [4.78, 5) is 20.3. The normalized spacial score (nSPS) is 12.9. The quantitative estimate of drug-likeness (QED) is 0.724. The lowest BCUT2D eigenvalue weighted by Crippen LogP contribution is -2.61. The van der Waals surface area contributed by atoms with Gasteiger partial charge in [-0.25, -0.2) is 0 Å². The van der Waals surface area contributed by atoms with Crippen LogP contribution in [0.4, 0.5) is 0 Å². The number of nitrogens with zero attached hydrogens (tertiary/aromatic N) is 1. The molecule has 114 valence electrons. The maximum atomic E-state index is 12.9. The number of hydroxylamine groups is 1. The van der Waals surface area contributed by atoms with Crippen molar-refractivity contribution >= 4 is 5.91 Å². The highest BCUT2D eigenvalue weighted by atomic mass is 16.7. The van der Waals surface area contributed by atoms with Crippen LogP contribution in [0.25, 0.3) is 0 Å². The van der Waals surface area contributed by atoms with Gasteiger partial charge in [0.2, 0.25) is 5.91 Å². The molecule has 0 unspecified atom stereocenters. The summed E-state index contributed by atoms with van der Waals surface area (Å²) in [6.45, 7) is 16.9. The van der Waals surface area contributed by atoms with Crippen LogP contribution in [0.1, 0.15) is 68.2 Å². The van der Waals surface area contributed by atoms with Crippen molar-refractivity contribution in [2.24, 2.45) is 0 Å². The van der Waals surface area contributed by atoms with Gasteiger partial charge in [-0.05, 0) is 54.4 Å². The molecule has 0 aliphatic heterocycles. The molecule has 1 amide bonds. The number of hydrogen-bond donors (Lipinski definition) is 1. The molecular formula is C15H32N2O2. The first-order valence-corrected chi connectivity index (χ1v) is 7.39. The lowest BCUT2D eigenvalue weighted by Gasteiger charge is -2.42. The molecule has 0 spiro atoms. The molecule has 0 fully saturated rings. The van der Waals surface area contributed by atoms with E-state index < -0.39 is 5.54 Å². The Kier molecular flexibility index (Phi) is 7.01. The molecule has 0 aliphatic carbocycles. The molecule has 0 aromatic heterocycles. The molecule has 0 rings (SSSR count). The molecule has 0 heterocycles. The topological polar surface area (TPSA) is 41.6 Å². The van der Waals surface area contributed by atoms with E-state index in [0.29, 0.717) is 19.4 Å². The summed E-state index contributed by atoms with van der Waals surface area (Å²) in [6.07, 6.45) is 1.47. The van der Waals surface area contributed by atoms with E-state index in [9.17, 15) is 4.79 Å². The number of nitrogens with one attached hydrogen (secondary N) is 1. The molecule has 0 bridgehead atoms. The SMILES string of the molecule is CCN(C(=O)C(CC)(CC)NOC(C)C)C(C)(C)C. The molecule has 0 aliphatic rings. The van der Waals surface area contributed by atoms with E-state index >= 15 is 0 Å². The fourth-order valence-electron chi connectivity index (χ4n) is 2.15. The van der Waals surface area contributed by atoms with Crippen LogP contribution in [0.3, 0.4) is 0 Å². The minimum atomic E-state index is -0.631. The Morgan fingerprint density at radius 1 is 1.16 bits per heavy atom. The van der Waals surface area contributed by atoms with E-state index in [1.54, 1.807) is 0 Å². The van der Waals surface area contributed by atoms with Crippen LogP contribution >= 0.6 is 0 Å². The second-order valence-electron chi connectivity index (χ2n) is 6.28. The Labute approximate surface area is 118 Å². The lowest BCUT2D eigenvalue weighted by molar-refractivity contribution is -0.154. The van der Waals surface area contributed by atoms with Crippen LogP contribution in [0.2, 0.25) is 0 Å². The van der Waals surface area contributed by atoms with E-state index in [1.165, 1.54) is 0 Å². The van der Waals surface area contributed by atoms with Crippen LogP contribution < -0.4 is 5.48 Å². The first-order valence-electron chi connectivity index (χ1n) is 7.39. The van der Waals surface area contributed by atoms with Crippen molar-refractivity contribution in [3.05, 3.63) is 0 Å². The largest absolute Gasteiger partial charge is 0.336 e. The third-order valence-electron chi connectivity index (χ3n) is 3.48. The number of hydrogen-bond acceptors (Lipinski definition) is 3. The van der Waals surface area contributed by atoms with Crippen LogP contribution in [-0.4, -0.2) is 34.5 Å². The third kappa shape index (κ3) is 4.77. The lowest BCUT2D eigenvalue weighted by atomic mass is 9.90. The zero-order chi connectivity index (χ0) is 15.3. The first-order chi connectivity index (χ1) is 8.64. The van der Waals surface area contributed by atoms with Gasteiger partial charge in [0.15, 0.2) is 0 Å². The smallest absolute Gasteiger partial charge is 0.245 e. The fourth-order valence-corrected chi connectivity index (χ4v) is 2.15. The average Bonchev–Trinajstić information content (AvgIpc) is 2.29. The summed E-state index contributed by atoms with van der Waals surface area (Å²) in [7, 11) is 0. The highest BCUT2D eigenvalue weighted by molar-refractivity contribution is 5.86. The van der Waals surface area contributed by atoms with Gasteiger partial charge in [0.1, 0.15) is 5.54 Å². The van der Waals surface area contributed by atoms with E-state index in [0.717, 1.165) is 0 Å². The van der Waals surface area contributed by atoms with Crippen molar-refractivity contribution in [1.82, 2.24) is 10.4 Å². The van der Waals surface area contributed by atoms with Crippen molar-refractivity contribution in [2.75, 3.05) is 6.54 Å². The van der Waals surface area contributed by atoms with Gasteiger partial charge in [-0.3, -0.25) is 9.63 Å². The van der Waals surface area contributed by atoms with Gasteiger partial charge >= 0.3 is 0 Å². The second kappa shape index (κ2) is 7.25. The maximum absolute atomic E-state index is 12.9. The van der Waals surface area contributed by atoms with E-state index in [-0.39, 0.29) is 17.6 Å². The average molecular weight is 272 g/mol. The highest BCUT2D eigenvalue weighted by Gasteiger charge is 2.41. The highest BCUT2D eigenvalue weighted by Crippen LogP contribution is 2.24. The molecule has 4 nitrogen and oxygen atoms in total. The summed E-state index contributed by atoms with van der Waals surface area (Å²) in [5.41, 5.74) is 2.22. The van der Waals surface area contributed by atoms with Gasteiger partial charge in [0.25, 0.3) is 0 Å². The molecule has 0 saturated heterocycles. The zero-order valence-corrected chi connectivity index (χ0v) is 14.0. The molecule has 0 atom stereocenters. The number of carbonyl (C=O) groups excluding carboxylic acids is 1. The van der Waals surface area contributed by atoms with E-state index in [1.807, 2.05) is 39.5 Å². The monoisotopic (exact) mass is 272 g/mol. The Morgan fingerprint density at radius 2 is 1.63 bits per heavy atom. The van der Waals surface area contributed by atoms with Crippen LogP contribution in [0.15, 0.2) is 0 Å². The van der Waals surface area contributed by atoms with Gasteiger partial charge in [-0.1, -0.05) is 13.8 Å². The minimum absolute atomic E-state index is 0.0509. The van der Waals surface area contributed by atoms with Crippen molar-refractivity contribution < 1.29 is 9.63 Å². The van der Waals surface area contributed by atoms with Crippen molar-refractivity contribution in [3.63, 3.8) is 0 Å². The Hall–Kier alpha value is -0.610. The predicted octanol–water partition coefficient (Wildman–Crippen LogP) is 3.12. The van der Waals surface area contributed by atoms with E-state index in [4.69, 9.17) is 4.84 Å². The number of amides is 1. The summed E-state index contributed by atoms with van der Waals surface area (Å²) in [6, 6.07) is 0. The molecule has 0 saturated carbocycles. The summed E-state index contributed by atoms with van der Waals surface area (Å²) in [5.74, 6) is 0.119. The van der Waals surface area contributed by atoms with Crippen LogP contribution in [-0.2, 0) is 9.63 Å². The molecule has 4 heteroatoms. The molecule has 1 N–H and O–H groups in total. The summed E-state index contributed by atoms with van der Waals surface area (Å²) in [5, 5.41) is 0. The molecule has 0 aromatic rings. The molecule has 0 radical (unpaired) electrons. The maximum Gasteiger partial charge on any atom is 0.245 e. The molecule has 0 aromatic carbocycles. The summed E-state index contributed by atoms with van der Waals surface area (Å²) < 4.78 is 0. The first kappa shape index (κ1) is 18.4. The number of likely N-dealkylation sites (N-methyl/N-ethyl adjacent to an activating group) is 1. The Bertz CT molecular complexity index is 278. The van der Waals surface area contributed by atoms with Crippen molar-refractivity contribution in [1.29, 1.82) is 0 Å². The van der Waals surface area contributed by atoms with Gasteiger partial charge in [-0.15, -0.1) is 0 Å². The summed E-state index contributed by atoms with van der Waals surface area (Å²) >= 11 is 0. The third-order valence-corrected chi connectivity index (χ3v) is 3.48. The number of carbonyl (C=O) groups is 1. The van der Waals surface area contributed by atoms with Gasteiger partial charge in [0.05, 0.1) is 6.10 Å². The second-order valence-corrected chi connectivity index (χ2v) is 6.28. The van der Waals surface area contributed by atoms with Crippen molar-refractivity contribution in [2.45, 2.75) is 85.4 Å². The van der Waals surface area contributed by atoms with E-state index in [2.05, 4.69) is 26.3 Å². The van der Waals surface area contributed by atoms with Crippen LogP contribution in [0, 0.1) is 0 Å². The Balaban J connectivity index is 5.20. The number of rotatable bonds is 7. The molecular weight excluding hydrogens is 240 g/mol. The minimum Gasteiger partial charge on any atom is -0.336 e.